The van der Waals surface area contributed by atoms with Gasteiger partial charge in [0.25, 0.3) is 0 Å². The SMILES string of the molecule is COc1c(C)cc2c(c1C)[C@@H]1C3Cc4c(OC(C)=O)c(C)c5c(c4[C@H](CNC(=O)[C@@H](C)N(C(C)=O)C(=O)C(F)(F)F)N3[C@@H](C#N)[C@H](C2)N1C)OCO5. The van der Waals surface area contributed by atoms with Crippen LogP contribution >= 0.6 is 0 Å². The maximum Gasteiger partial charge on any atom is 0.471 e. The number of hydrogen-bond donors (Lipinski definition) is 1. The van der Waals surface area contributed by atoms with Crippen molar-refractivity contribution in [3.05, 3.63) is 45.0 Å². The minimum Gasteiger partial charge on any atom is -0.496 e. The summed E-state index contributed by atoms with van der Waals surface area (Å²) in [5.41, 5.74) is 5.61. The number of hydrogen-bond acceptors (Lipinski definition) is 11. The van der Waals surface area contributed by atoms with Gasteiger partial charge >= 0.3 is 18.1 Å². The minimum atomic E-state index is -5.40. The molecule has 4 aliphatic rings. The quantitative estimate of drug-likeness (QED) is 0.344. The van der Waals surface area contributed by atoms with E-state index in [4.69, 9.17) is 18.9 Å². The van der Waals surface area contributed by atoms with E-state index in [0.29, 0.717) is 34.6 Å². The Labute approximate surface area is 298 Å². The third kappa shape index (κ3) is 5.70. The lowest BCUT2D eigenvalue weighted by atomic mass is 9.71. The van der Waals surface area contributed by atoms with Gasteiger partial charge < -0.3 is 24.3 Å². The molecule has 1 fully saturated rings. The van der Waals surface area contributed by atoms with E-state index in [9.17, 15) is 37.6 Å². The van der Waals surface area contributed by atoms with Gasteiger partial charge in [-0.3, -0.25) is 33.9 Å². The van der Waals surface area contributed by atoms with Crippen molar-refractivity contribution in [3.63, 3.8) is 0 Å². The standard InChI is InChI=1S/C36H40F3N5O8/c1-15-9-21-10-23-25(12-40)44-24(29(42(23)7)27(21)16(2)30(15)49-8)11-22-28(33-32(50-14-51-33)17(3)31(22)52-20(6)46)26(44)13-41-34(47)18(4)43(19(5)45)35(48)36(37,38)39/h9,18,23-26,29H,10-11,13-14H2,1-8H3,(H,41,47)/t18-,23+,24?,25+,26+,29+/m1/s1. The molecule has 16 heteroatoms. The molecule has 0 radical (unpaired) electrons. The first-order valence-corrected chi connectivity index (χ1v) is 16.8. The smallest absolute Gasteiger partial charge is 0.471 e. The van der Waals surface area contributed by atoms with Crippen LogP contribution in [0.5, 0.6) is 23.0 Å². The van der Waals surface area contributed by atoms with E-state index < -0.39 is 54.0 Å². The number of piperazine rings is 1. The number of nitrogens with one attached hydrogen (secondary N) is 1. The lowest BCUT2D eigenvalue weighted by Crippen LogP contribution is -2.69. The summed E-state index contributed by atoms with van der Waals surface area (Å²) >= 11 is 0. The molecule has 6 atom stereocenters. The number of methoxy groups -OCH3 is 1. The van der Waals surface area contributed by atoms with Crippen molar-refractivity contribution in [1.29, 1.82) is 5.26 Å². The van der Waals surface area contributed by atoms with Gasteiger partial charge in [-0.1, -0.05) is 6.07 Å². The summed E-state index contributed by atoms with van der Waals surface area (Å²) in [6, 6.07) is 0.0527. The summed E-state index contributed by atoms with van der Waals surface area (Å²) in [7, 11) is 3.57. The zero-order valence-corrected chi connectivity index (χ0v) is 30.1. The van der Waals surface area contributed by atoms with Crippen molar-refractivity contribution in [2.45, 2.75) is 96.8 Å². The molecule has 3 amide bonds. The molecule has 2 aromatic rings. The lowest BCUT2D eigenvalue weighted by Gasteiger charge is -2.60. The molecule has 2 bridgehead atoms. The Kier molecular flexibility index (Phi) is 9.41. The molecule has 2 aromatic carbocycles. The third-order valence-electron chi connectivity index (χ3n) is 10.8. The van der Waals surface area contributed by atoms with Crippen LogP contribution in [-0.4, -0.2) is 96.2 Å². The van der Waals surface area contributed by atoms with Gasteiger partial charge in [0, 0.05) is 49.2 Å². The fourth-order valence-corrected chi connectivity index (χ4v) is 8.84. The molecule has 4 heterocycles. The molecule has 0 saturated carbocycles. The van der Waals surface area contributed by atoms with Crippen LogP contribution in [0.25, 0.3) is 0 Å². The lowest BCUT2D eigenvalue weighted by molar-refractivity contribution is -0.190. The van der Waals surface area contributed by atoms with Crippen LogP contribution in [0.15, 0.2) is 6.07 Å². The highest BCUT2D eigenvalue weighted by Crippen LogP contribution is 2.57. The number of benzene rings is 2. The number of halogens is 3. The molecule has 13 nitrogen and oxygen atoms in total. The second-order valence-electron chi connectivity index (χ2n) is 13.7. The van der Waals surface area contributed by atoms with Gasteiger partial charge in [0.2, 0.25) is 18.6 Å². The Morgan fingerprint density at radius 3 is 2.33 bits per heavy atom. The molecular formula is C36H40F3N5O8. The normalized spacial score (nSPS) is 23.7. The van der Waals surface area contributed by atoms with Crippen LogP contribution < -0.4 is 24.3 Å². The molecule has 0 aromatic heterocycles. The Hall–Kier alpha value is -4.88. The second kappa shape index (κ2) is 13.3. The number of aryl methyl sites for hydroxylation is 1. The Balaban J connectivity index is 1.53. The second-order valence-corrected chi connectivity index (χ2v) is 13.7. The molecule has 1 unspecified atom stereocenters. The third-order valence-corrected chi connectivity index (χ3v) is 10.8. The highest BCUT2D eigenvalue weighted by Gasteiger charge is 2.57. The summed E-state index contributed by atoms with van der Waals surface area (Å²) < 4.78 is 63.8. The van der Waals surface area contributed by atoms with Crippen LogP contribution in [0.3, 0.4) is 0 Å². The first kappa shape index (κ1) is 36.9. The first-order chi connectivity index (χ1) is 24.4. The highest BCUT2D eigenvalue weighted by molar-refractivity contribution is 6.01. The number of carbonyl (C=O) groups excluding carboxylic acids is 4. The molecular weight excluding hydrogens is 687 g/mol. The summed E-state index contributed by atoms with van der Waals surface area (Å²) in [5.74, 6) is -3.69. The van der Waals surface area contributed by atoms with E-state index >= 15 is 0 Å². The topological polar surface area (TPSA) is 151 Å². The molecule has 1 N–H and O–H groups in total. The fourth-order valence-electron chi connectivity index (χ4n) is 8.84. The van der Waals surface area contributed by atoms with Gasteiger partial charge in [-0.05, 0) is 69.8 Å². The summed E-state index contributed by atoms with van der Waals surface area (Å²) in [6.45, 7) is 8.34. The number of fused-ring (bicyclic) bond motifs is 9. The zero-order valence-electron chi connectivity index (χ0n) is 30.1. The molecule has 0 aliphatic carbocycles. The summed E-state index contributed by atoms with van der Waals surface area (Å²) in [4.78, 5) is 54.6. The maximum atomic E-state index is 13.6. The molecule has 6 rings (SSSR count). The highest BCUT2D eigenvalue weighted by atomic mass is 19.4. The predicted molar refractivity (Wildman–Crippen MR) is 177 cm³/mol. The van der Waals surface area contributed by atoms with Crippen molar-refractivity contribution >= 4 is 23.7 Å². The van der Waals surface area contributed by atoms with E-state index in [2.05, 4.69) is 22.4 Å². The zero-order chi connectivity index (χ0) is 38.1. The Bertz CT molecular complexity index is 1930. The van der Waals surface area contributed by atoms with E-state index in [1.54, 1.807) is 14.0 Å². The van der Waals surface area contributed by atoms with E-state index in [1.165, 1.54) is 6.92 Å². The van der Waals surface area contributed by atoms with Gasteiger partial charge in [0.1, 0.15) is 23.6 Å². The summed E-state index contributed by atoms with van der Waals surface area (Å²) in [5, 5.41) is 13.5. The number of ether oxygens (including phenoxy) is 4. The minimum absolute atomic E-state index is 0.128. The van der Waals surface area contributed by atoms with Gasteiger partial charge in [-0.15, -0.1) is 0 Å². The van der Waals surface area contributed by atoms with E-state index in [1.807, 2.05) is 25.8 Å². The number of esters is 1. The van der Waals surface area contributed by atoms with Crippen molar-refractivity contribution in [2.75, 3.05) is 27.5 Å². The van der Waals surface area contributed by atoms with Gasteiger partial charge in [-0.25, -0.2) is 0 Å². The van der Waals surface area contributed by atoms with E-state index in [-0.39, 0.29) is 42.5 Å². The summed E-state index contributed by atoms with van der Waals surface area (Å²) in [6.07, 6.45) is -4.59. The average Bonchev–Trinajstić information content (AvgIpc) is 3.55. The van der Waals surface area contributed by atoms with Crippen LogP contribution in [0.4, 0.5) is 13.2 Å². The van der Waals surface area contributed by atoms with Crippen LogP contribution in [0.2, 0.25) is 0 Å². The number of likely N-dealkylation sites (N-methyl/N-ethyl adjacent to an activating group) is 1. The van der Waals surface area contributed by atoms with Crippen molar-refractivity contribution in [3.8, 4) is 29.1 Å². The fraction of sp³-hybridized carbons (Fsp3) is 0.528. The number of amides is 3. The molecule has 52 heavy (non-hydrogen) atoms. The van der Waals surface area contributed by atoms with Crippen molar-refractivity contribution in [2.24, 2.45) is 0 Å². The monoisotopic (exact) mass is 727 g/mol. The predicted octanol–water partition coefficient (Wildman–Crippen LogP) is 3.49. The number of nitrogens with zero attached hydrogens (tertiary/aromatic N) is 4. The number of carbonyl (C=O) groups is 4. The Morgan fingerprint density at radius 1 is 1.06 bits per heavy atom. The largest absolute Gasteiger partial charge is 0.496 e. The van der Waals surface area contributed by atoms with E-state index in [0.717, 1.165) is 41.9 Å². The average molecular weight is 728 g/mol. The van der Waals surface area contributed by atoms with Gasteiger partial charge in [0.05, 0.1) is 25.3 Å². The molecule has 0 spiro atoms. The molecule has 278 valence electrons. The number of nitriles is 1. The van der Waals surface area contributed by atoms with Crippen LogP contribution in [0, 0.1) is 32.1 Å². The maximum absolute atomic E-state index is 13.6. The number of rotatable bonds is 6. The van der Waals surface area contributed by atoms with Crippen molar-refractivity contribution < 1.29 is 51.3 Å². The van der Waals surface area contributed by atoms with Gasteiger partial charge in [0.15, 0.2) is 11.5 Å². The Morgan fingerprint density at radius 2 is 1.73 bits per heavy atom. The van der Waals surface area contributed by atoms with Crippen LogP contribution in [-0.2, 0) is 32.0 Å². The molecule has 4 aliphatic heterocycles. The van der Waals surface area contributed by atoms with Crippen LogP contribution in [0.1, 0.15) is 71.8 Å². The number of imide groups is 1. The molecule has 1 saturated heterocycles. The van der Waals surface area contributed by atoms with Gasteiger partial charge in [-0.2, -0.15) is 18.4 Å². The number of alkyl halides is 3. The van der Waals surface area contributed by atoms with Crippen molar-refractivity contribution in [1.82, 2.24) is 20.0 Å². The first-order valence-electron chi connectivity index (χ1n) is 16.8.